The zero-order chi connectivity index (χ0) is 56.5. The largest absolute Gasteiger partial charge is 1.20 e. The molecular formula is C72H48AlN9O3. The highest BCUT2D eigenvalue weighted by Crippen LogP contribution is 2.39. The van der Waals surface area contributed by atoms with Gasteiger partial charge in [-0.2, -0.15) is 0 Å². The Morgan fingerprint density at radius 1 is 0.271 bits per heavy atom. The molecule has 0 aliphatic heterocycles. The van der Waals surface area contributed by atoms with Crippen molar-refractivity contribution in [2.45, 2.75) is 0 Å². The van der Waals surface area contributed by atoms with Gasteiger partial charge in [0.1, 0.15) is 51.3 Å². The van der Waals surface area contributed by atoms with Crippen molar-refractivity contribution >= 4 is 81.0 Å². The van der Waals surface area contributed by atoms with Crippen LogP contribution in [0, 0.1) is 0 Å². The van der Waals surface area contributed by atoms with Gasteiger partial charge in [0, 0.05) is 68.5 Å². The van der Waals surface area contributed by atoms with E-state index >= 15 is 0 Å². The summed E-state index contributed by atoms with van der Waals surface area (Å²) in [6.07, 6.45) is 5.24. The highest BCUT2D eigenvalue weighted by molar-refractivity contribution is 6.40. The quantitative estimate of drug-likeness (QED) is 0.110. The molecule has 0 fully saturated rings. The Morgan fingerprint density at radius 2 is 0.553 bits per heavy atom. The molecule has 16 aromatic rings. The van der Waals surface area contributed by atoms with E-state index in [-0.39, 0.29) is 0 Å². The second kappa shape index (κ2) is 22.3. The summed E-state index contributed by atoms with van der Waals surface area (Å²) >= 11 is -2.86. The molecule has 0 amide bonds. The van der Waals surface area contributed by atoms with Crippen molar-refractivity contribution in [2.75, 3.05) is 0 Å². The molecule has 10 aromatic carbocycles. The Labute approximate surface area is 493 Å². The summed E-state index contributed by atoms with van der Waals surface area (Å²) in [6, 6.07) is 92.1. The van der Waals surface area contributed by atoms with E-state index in [0.717, 1.165) is 117 Å². The number of hydrogen-bond donors (Lipinski definition) is 0. The number of para-hydroxylation sites is 12. The van der Waals surface area contributed by atoms with Crippen molar-refractivity contribution in [3.63, 3.8) is 0 Å². The molecule has 13 heteroatoms. The molecule has 0 bridgehead atoms. The molecule has 0 spiro atoms. The van der Waals surface area contributed by atoms with Gasteiger partial charge in [0.15, 0.2) is 0 Å². The van der Waals surface area contributed by atoms with Crippen molar-refractivity contribution < 1.29 is 11.4 Å². The van der Waals surface area contributed by atoms with E-state index < -0.39 is 15.1 Å². The number of benzene rings is 10. The molecule has 0 saturated heterocycles. The van der Waals surface area contributed by atoms with Crippen LogP contribution in [0.4, 0.5) is 0 Å². The number of imidazole rings is 3. The van der Waals surface area contributed by atoms with Crippen LogP contribution >= 0.6 is 0 Å². The first-order valence-corrected chi connectivity index (χ1v) is 29.3. The second-order valence-electron chi connectivity index (χ2n) is 20.2. The van der Waals surface area contributed by atoms with Crippen LogP contribution in [0.15, 0.2) is 292 Å². The number of rotatable bonds is 12. The van der Waals surface area contributed by atoms with Crippen LogP contribution in [-0.4, -0.2) is 58.8 Å². The van der Waals surface area contributed by atoms with Crippen molar-refractivity contribution in [1.82, 2.24) is 43.6 Å². The second-order valence-corrected chi connectivity index (χ2v) is 21.5. The summed E-state index contributed by atoms with van der Waals surface area (Å²) in [5, 5.41) is 2.93. The van der Waals surface area contributed by atoms with Crippen molar-refractivity contribution in [3.8, 4) is 68.5 Å². The Balaban J connectivity index is 0.000000157. The number of hydrogen-bond acceptors (Lipinski definition) is 9. The molecule has 16 rings (SSSR count). The first kappa shape index (κ1) is 50.7. The molecule has 0 aliphatic rings. The number of aromatic nitrogens is 9. The minimum absolute atomic E-state index is 0.608. The Kier molecular flexibility index (Phi) is 13.3. The smallest absolute Gasteiger partial charge is 0.576 e. The highest BCUT2D eigenvalue weighted by atomic mass is 27.3. The van der Waals surface area contributed by atoms with Crippen LogP contribution in [-0.2, 0) is 0 Å². The number of fused-ring (bicyclic) bond motifs is 6. The van der Waals surface area contributed by atoms with Gasteiger partial charge in [0.25, 0.3) is 0 Å². The molecule has 0 unspecified atom stereocenters. The minimum Gasteiger partial charge on any atom is -0.576 e. The van der Waals surface area contributed by atoms with E-state index in [9.17, 15) is 0 Å². The Morgan fingerprint density at radius 3 is 0.871 bits per heavy atom. The summed E-state index contributed by atoms with van der Waals surface area (Å²) < 4.78 is 26.0. The standard InChI is InChI=1S/C45H30N6.3C9H7NO.Al/c1-4-16-34(17-5-1)49-40-25-13-10-22-37(40)46-43(49)31-28-32(44-47-38-23-11-14-26-41(38)50(44)35-18-6-2-7-19-35)30-33(29-31)45-48-39-24-12-15-27-42(39)51(45)36-20-8-3-9-21-36;3*11-8-5-1-3-7-4-2-6-10-9(7)8;/h1-30H;3*1-6,11H;/q;;;;+3/p-3. The van der Waals surface area contributed by atoms with Gasteiger partial charge in [-0.1, -0.05) is 146 Å². The van der Waals surface area contributed by atoms with Crippen LogP contribution in [0.2, 0.25) is 0 Å². The van der Waals surface area contributed by atoms with Crippen molar-refractivity contribution in [3.05, 3.63) is 292 Å². The van der Waals surface area contributed by atoms with Gasteiger partial charge in [-0.3, -0.25) is 28.7 Å². The highest BCUT2D eigenvalue weighted by Gasteiger charge is 2.46. The molecule has 6 aromatic heterocycles. The van der Waals surface area contributed by atoms with E-state index in [1.54, 1.807) is 18.6 Å². The molecule has 12 nitrogen and oxygen atoms in total. The molecule has 0 atom stereocenters. The van der Waals surface area contributed by atoms with E-state index in [0.29, 0.717) is 17.2 Å². The third kappa shape index (κ3) is 9.81. The molecule has 0 radical (unpaired) electrons. The maximum atomic E-state index is 6.41. The van der Waals surface area contributed by atoms with E-state index in [1.165, 1.54) is 0 Å². The maximum Gasteiger partial charge on any atom is 1.20 e. The van der Waals surface area contributed by atoms with Crippen LogP contribution in [0.5, 0.6) is 17.2 Å². The predicted molar refractivity (Wildman–Crippen MR) is 340 cm³/mol. The average molecular weight is 1110 g/mol. The molecule has 0 saturated carbocycles. The Hall–Kier alpha value is -11.2. The topological polar surface area (TPSA) is 120 Å². The number of nitrogens with zero attached hydrogens (tertiary/aromatic N) is 9. The van der Waals surface area contributed by atoms with Gasteiger partial charge in [0.2, 0.25) is 0 Å². The van der Waals surface area contributed by atoms with E-state index in [1.807, 2.05) is 127 Å². The lowest BCUT2D eigenvalue weighted by atomic mass is 10.0. The molecule has 402 valence electrons. The summed E-state index contributed by atoms with van der Waals surface area (Å²) in [5.41, 5.74) is 14.2. The monoisotopic (exact) mass is 1110 g/mol. The zero-order valence-electron chi connectivity index (χ0n) is 45.5. The number of pyridine rings is 3. The first-order chi connectivity index (χ1) is 42.1. The summed E-state index contributed by atoms with van der Waals surface area (Å²) in [5.74, 6) is 4.35. The fraction of sp³-hybridized carbons (Fsp3) is 0. The van der Waals surface area contributed by atoms with E-state index in [4.69, 9.17) is 26.3 Å². The lowest BCUT2D eigenvalue weighted by Gasteiger charge is -2.18. The lowest BCUT2D eigenvalue weighted by Crippen LogP contribution is -2.37. The summed E-state index contributed by atoms with van der Waals surface area (Å²) in [6.45, 7) is 0. The van der Waals surface area contributed by atoms with Crippen molar-refractivity contribution in [2.24, 2.45) is 0 Å². The SMILES string of the molecule is c1ccc(-n2c(-c3cc(-c4nc5ccccc5n4-c4ccccc4)cc(-c4nc5ccccc5n4-c4ccccc4)c3)nc3ccccc32)cc1.c1cnc2c([O][Al]([O]c3cccc4cccnc34)[O]c3cccc4cccnc34)cccc2c1. The first-order valence-electron chi connectivity index (χ1n) is 27.9. The zero-order valence-corrected chi connectivity index (χ0v) is 46.7. The van der Waals surface area contributed by atoms with Crippen LogP contribution < -0.4 is 11.4 Å². The lowest BCUT2D eigenvalue weighted by molar-refractivity contribution is 0.311. The van der Waals surface area contributed by atoms with Gasteiger partial charge in [-0.05, 0) is 127 Å². The maximum absolute atomic E-state index is 6.41. The minimum atomic E-state index is -2.86. The van der Waals surface area contributed by atoms with Crippen LogP contribution in [0.3, 0.4) is 0 Å². The van der Waals surface area contributed by atoms with Gasteiger partial charge in [-0.15, -0.1) is 0 Å². The Bertz CT molecular complexity index is 4560. The molecule has 6 heterocycles. The van der Waals surface area contributed by atoms with Gasteiger partial charge in [0.05, 0.1) is 33.1 Å². The molecule has 0 N–H and O–H groups in total. The predicted octanol–water partition coefficient (Wildman–Crippen LogP) is 16.6. The normalized spacial score (nSPS) is 11.3. The average Bonchev–Trinajstić information content (AvgIpc) is 4.46. The fourth-order valence-corrected chi connectivity index (χ4v) is 12.4. The van der Waals surface area contributed by atoms with Crippen LogP contribution in [0.1, 0.15) is 0 Å². The van der Waals surface area contributed by atoms with Crippen LogP contribution in [0.25, 0.3) is 117 Å². The van der Waals surface area contributed by atoms with Gasteiger partial charge in [-0.25, -0.2) is 15.0 Å². The van der Waals surface area contributed by atoms with Gasteiger partial charge >= 0.3 is 15.1 Å². The van der Waals surface area contributed by atoms with E-state index in [2.05, 4.69) is 174 Å². The van der Waals surface area contributed by atoms with Gasteiger partial charge < -0.3 is 11.4 Å². The van der Waals surface area contributed by atoms with Crippen molar-refractivity contribution in [1.29, 1.82) is 0 Å². The molecule has 0 aliphatic carbocycles. The fourth-order valence-electron chi connectivity index (χ4n) is 11.1. The third-order valence-electron chi connectivity index (χ3n) is 14.9. The summed E-state index contributed by atoms with van der Waals surface area (Å²) in [4.78, 5) is 29.4. The molecular weight excluding hydrogens is 1070 g/mol. The molecule has 85 heavy (non-hydrogen) atoms. The third-order valence-corrected chi connectivity index (χ3v) is 16.2. The summed E-state index contributed by atoms with van der Waals surface area (Å²) in [7, 11) is 0.